The van der Waals surface area contributed by atoms with Gasteiger partial charge in [0, 0.05) is 6.42 Å². The van der Waals surface area contributed by atoms with Crippen molar-refractivity contribution in [2.45, 2.75) is 38.1 Å². The number of piperidine rings is 1. The molecule has 10 nitrogen and oxygen atoms in total. The number of imide groups is 2. The Kier molecular flexibility index (Phi) is 7.09. The number of fused-ring (bicyclic) bond motifs is 1. The number of hydrogen-bond acceptors (Lipinski definition) is 7. The van der Waals surface area contributed by atoms with Gasteiger partial charge in [0.1, 0.15) is 17.5 Å². The van der Waals surface area contributed by atoms with Gasteiger partial charge in [0.25, 0.3) is 11.8 Å². The lowest BCUT2D eigenvalue weighted by molar-refractivity contribution is -0.136. The second-order valence-electron chi connectivity index (χ2n) is 8.24. The topological polar surface area (TPSA) is 139 Å². The Morgan fingerprint density at radius 1 is 0.886 bits per heavy atom. The minimum atomic E-state index is -0.998. The van der Waals surface area contributed by atoms with Crippen LogP contribution >= 0.6 is 0 Å². The molecule has 2 aliphatic heterocycles. The molecule has 182 valence electrons. The van der Waals surface area contributed by atoms with Crippen LogP contribution in [0.15, 0.2) is 42.5 Å². The van der Waals surface area contributed by atoms with Crippen LogP contribution in [0.25, 0.3) is 0 Å². The van der Waals surface area contributed by atoms with Crippen molar-refractivity contribution in [3.63, 3.8) is 0 Å². The van der Waals surface area contributed by atoms with Crippen LogP contribution < -0.4 is 14.8 Å². The number of carbonyl (C=O) groups is 5. The fourth-order valence-electron chi connectivity index (χ4n) is 3.99. The van der Waals surface area contributed by atoms with Gasteiger partial charge >= 0.3 is 5.97 Å². The fraction of sp³-hybridized carbons (Fsp3) is 0.320. The van der Waals surface area contributed by atoms with E-state index in [1.54, 1.807) is 18.2 Å². The van der Waals surface area contributed by atoms with Gasteiger partial charge in [-0.15, -0.1) is 0 Å². The van der Waals surface area contributed by atoms with E-state index in [-0.39, 0.29) is 29.5 Å². The monoisotopic (exact) mass is 480 g/mol. The molecule has 1 fully saturated rings. The lowest BCUT2D eigenvalue weighted by Gasteiger charge is -2.27. The highest BCUT2D eigenvalue weighted by Gasteiger charge is 2.44. The summed E-state index contributed by atoms with van der Waals surface area (Å²) in [5.74, 6) is -2.11. The number of amides is 4. The standard InChI is InChI=1S/C25H24N2O8/c28-21-11-10-20(22(29)26-21)27-23(30)18-9-8-17(14-19(18)24(27)31)35-13-3-1-2-12-34-16-6-4-15(5-7-16)25(32)33/h4-9,14,20H,1-3,10-13H2,(H,32,33)(H,26,28,29). The van der Waals surface area contributed by atoms with E-state index in [1.807, 2.05) is 0 Å². The molecule has 1 saturated heterocycles. The molecule has 4 amide bonds. The first-order chi connectivity index (χ1) is 16.8. The highest BCUT2D eigenvalue weighted by atomic mass is 16.5. The molecule has 2 aromatic rings. The van der Waals surface area contributed by atoms with Crippen molar-refractivity contribution in [3.8, 4) is 11.5 Å². The number of hydrogen-bond donors (Lipinski definition) is 2. The number of ether oxygens (including phenoxy) is 2. The maximum atomic E-state index is 12.8. The molecular weight excluding hydrogens is 456 g/mol. The molecule has 0 saturated carbocycles. The third-order valence-electron chi connectivity index (χ3n) is 5.84. The van der Waals surface area contributed by atoms with Crippen molar-refractivity contribution in [3.05, 3.63) is 59.2 Å². The highest BCUT2D eigenvalue weighted by Crippen LogP contribution is 2.30. The van der Waals surface area contributed by atoms with E-state index in [4.69, 9.17) is 14.6 Å². The third kappa shape index (κ3) is 5.32. The van der Waals surface area contributed by atoms with Crippen molar-refractivity contribution in [2.24, 2.45) is 0 Å². The molecule has 2 heterocycles. The minimum absolute atomic E-state index is 0.0697. The van der Waals surface area contributed by atoms with Crippen LogP contribution in [0.3, 0.4) is 0 Å². The summed E-state index contributed by atoms with van der Waals surface area (Å²) in [5.41, 5.74) is 0.593. The molecule has 0 bridgehead atoms. The maximum Gasteiger partial charge on any atom is 0.335 e. The predicted molar refractivity (Wildman–Crippen MR) is 121 cm³/mol. The van der Waals surface area contributed by atoms with Crippen LogP contribution in [-0.2, 0) is 9.59 Å². The van der Waals surface area contributed by atoms with Gasteiger partial charge in [-0.1, -0.05) is 0 Å². The van der Waals surface area contributed by atoms with Crippen LogP contribution in [0.5, 0.6) is 11.5 Å². The van der Waals surface area contributed by atoms with E-state index in [1.165, 1.54) is 24.3 Å². The molecule has 2 N–H and O–H groups in total. The van der Waals surface area contributed by atoms with E-state index < -0.39 is 35.6 Å². The zero-order chi connectivity index (χ0) is 24.9. The van der Waals surface area contributed by atoms with Gasteiger partial charge < -0.3 is 14.6 Å². The Hall–Kier alpha value is -4.21. The number of aromatic carboxylic acids is 1. The normalized spacial score (nSPS) is 17.3. The number of benzene rings is 2. The Labute approximate surface area is 200 Å². The van der Waals surface area contributed by atoms with Gasteiger partial charge in [0.15, 0.2) is 0 Å². The lowest BCUT2D eigenvalue weighted by Crippen LogP contribution is -2.54. The molecule has 4 rings (SSSR count). The van der Waals surface area contributed by atoms with E-state index in [9.17, 15) is 24.0 Å². The van der Waals surface area contributed by atoms with Crippen molar-refractivity contribution >= 4 is 29.6 Å². The number of nitrogens with one attached hydrogen (secondary N) is 1. The molecule has 0 aromatic heterocycles. The van der Waals surface area contributed by atoms with Crippen molar-refractivity contribution in [1.29, 1.82) is 0 Å². The first-order valence-corrected chi connectivity index (χ1v) is 11.3. The van der Waals surface area contributed by atoms with Crippen molar-refractivity contribution in [1.82, 2.24) is 10.2 Å². The quantitative estimate of drug-likeness (QED) is 0.390. The number of carboxylic acids is 1. The summed E-state index contributed by atoms with van der Waals surface area (Å²) >= 11 is 0. The molecular formula is C25H24N2O8. The van der Waals surface area contributed by atoms with Gasteiger partial charge in [-0.2, -0.15) is 0 Å². The van der Waals surface area contributed by atoms with Crippen LogP contribution in [0.4, 0.5) is 0 Å². The summed E-state index contributed by atoms with van der Waals surface area (Å²) in [4.78, 5) is 60.8. The number of carboxylic acid groups (broad SMARTS) is 1. The fourth-order valence-corrected chi connectivity index (χ4v) is 3.99. The first kappa shape index (κ1) is 23.9. The smallest absolute Gasteiger partial charge is 0.335 e. The van der Waals surface area contributed by atoms with Crippen LogP contribution in [-0.4, -0.2) is 58.9 Å². The molecule has 1 unspecified atom stereocenters. The molecule has 0 radical (unpaired) electrons. The molecule has 2 aromatic carbocycles. The molecule has 1 atom stereocenters. The third-order valence-corrected chi connectivity index (χ3v) is 5.84. The number of unbranched alkanes of at least 4 members (excludes halogenated alkanes) is 2. The van der Waals surface area contributed by atoms with Gasteiger partial charge in [-0.25, -0.2) is 4.79 Å². The number of carbonyl (C=O) groups excluding carboxylic acids is 4. The van der Waals surface area contributed by atoms with Crippen LogP contribution in [0.2, 0.25) is 0 Å². The number of nitrogens with zero attached hydrogens (tertiary/aromatic N) is 1. The lowest BCUT2D eigenvalue weighted by atomic mass is 10.0. The average Bonchev–Trinajstić information content (AvgIpc) is 3.08. The minimum Gasteiger partial charge on any atom is -0.494 e. The van der Waals surface area contributed by atoms with Crippen LogP contribution in [0.1, 0.15) is 63.2 Å². The van der Waals surface area contributed by atoms with Crippen molar-refractivity contribution in [2.75, 3.05) is 13.2 Å². The first-order valence-electron chi connectivity index (χ1n) is 11.3. The van der Waals surface area contributed by atoms with Gasteiger partial charge in [-0.05, 0) is 68.1 Å². The van der Waals surface area contributed by atoms with E-state index in [2.05, 4.69) is 5.32 Å². The number of rotatable bonds is 10. The summed E-state index contributed by atoms with van der Waals surface area (Å²) in [5, 5.41) is 11.1. The summed E-state index contributed by atoms with van der Waals surface area (Å²) in [7, 11) is 0. The van der Waals surface area contributed by atoms with E-state index >= 15 is 0 Å². The zero-order valence-electron chi connectivity index (χ0n) is 18.8. The largest absolute Gasteiger partial charge is 0.494 e. The van der Waals surface area contributed by atoms with Gasteiger partial charge in [0.2, 0.25) is 11.8 Å². The maximum absolute atomic E-state index is 12.8. The molecule has 0 spiro atoms. The summed E-state index contributed by atoms with van der Waals surface area (Å²) in [6.45, 7) is 0.892. The molecule has 0 aliphatic carbocycles. The van der Waals surface area contributed by atoms with Gasteiger partial charge in [0.05, 0.1) is 29.9 Å². The van der Waals surface area contributed by atoms with Gasteiger partial charge in [-0.3, -0.25) is 29.4 Å². The summed E-state index contributed by atoms with van der Waals surface area (Å²) in [6, 6.07) is 9.85. The Morgan fingerprint density at radius 2 is 1.51 bits per heavy atom. The summed E-state index contributed by atoms with van der Waals surface area (Å²) < 4.78 is 11.3. The Bertz CT molecular complexity index is 1170. The molecule has 35 heavy (non-hydrogen) atoms. The Morgan fingerprint density at radius 3 is 2.17 bits per heavy atom. The summed E-state index contributed by atoms with van der Waals surface area (Å²) in [6.07, 6.45) is 2.53. The average molecular weight is 480 g/mol. The van der Waals surface area contributed by atoms with E-state index in [0.717, 1.165) is 24.2 Å². The molecule has 2 aliphatic rings. The predicted octanol–water partition coefficient (Wildman–Crippen LogP) is 2.41. The second-order valence-corrected chi connectivity index (χ2v) is 8.24. The van der Waals surface area contributed by atoms with Crippen molar-refractivity contribution < 1.29 is 38.6 Å². The highest BCUT2D eigenvalue weighted by molar-refractivity contribution is 6.23. The SMILES string of the molecule is O=C1CCC(N2C(=O)c3ccc(OCCCCCOc4ccc(C(=O)O)cc4)cc3C2=O)C(=O)N1. The Balaban J connectivity index is 1.22. The van der Waals surface area contributed by atoms with E-state index in [0.29, 0.717) is 24.7 Å². The van der Waals surface area contributed by atoms with Crippen LogP contribution in [0, 0.1) is 0 Å². The molecule has 10 heteroatoms. The zero-order valence-corrected chi connectivity index (χ0v) is 18.8. The second kappa shape index (κ2) is 10.4.